The molecule has 23 heavy (non-hydrogen) atoms. The van der Waals surface area contributed by atoms with Crippen molar-refractivity contribution in [3.8, 4) is 0 Å². The van der Waals surface area contributed by atoms with Gasteiger partial charge in [0.1, 0.15) is 0 Å². The summed E-state index contributed by atoms with van der Waals surface area (Å²) < 4.78 is 14.1. The molecular weight excluding hydrogens is 295 g/mol. The van der Waals surface area contributed by atoms with E-state index in [2.05, 4.69) is 0 Å². The van der Waals surface area contributed by atoms with Crippen LogP contribution in [0.5, 0.6) is 0 Å². The largest absolute Gasteiger partial charge is 0.345 e. The fourth-order valence-electron chi connectivity index (χ4n) is 4.24. The van der Waals surface area contributed by atoms with E-state index >= 15 is 0 Å². The van der Waals surface area contributed by atoms with Crippen LogP contribution in [0.4, 0.5) is 4.39 Å². The van der Waals surface area contributed by atoms with E-state index in [1.165, 1.54) is 0 Å². The minimum absolute atomic E-state index is 0.0637. The van der Waals surface area contributed by atoms with Crippen LogP contribution in [-0.4, -0.2) is 54.0 Å². The topological polar surface area (TPSA) is 40.6 Å². The summed E-state index contributed by atoms with van der Waals surface area (Å²) >= 11 is 0. The van der Waals surface area contributed by atoms with Crippen molar-refractivity contribution in [2.24, 2.45) is 5.41 Å². The highest BCUT2D eigenvalue weighted by atomic mass is 19.1. The Morgan fingerprint density at radius 2 is 1.91 bits per heavy atom. The highest BCUT2D eigenvalue weighted by Gasteiger charge is 2.60. The van der Waals surface area contributed by atoms with Crippen molar-refractivity contribution in [3.05, 3.63) is 35.9 Å². The third kappa shape index (κ3) is 2.09. The first-order valence-electron chi connectivity index (χ1n) is 8.25. The molecule has 0 N–H and O–H groups in total. The first kappa shape index (κ1) is 14.7. The second-order valence-electron chi connectivity index (χ2n) is 7.25. The van der Waals surface area contributed by atoms with Gasteiger partial charge in [-0.2, -0.15) is 0 Å². The number of carbonyl (C=O) groups excluding carboxylic acids is 2. The molecule has 4 rings (SSSR count). The van der Waals surface area contributed by atoms with Gasteiger partial charge in [-0.1, -0.05) is 30.3 Å². The van der Waals surface area contributed by atoms with E-state index in [-0.39, 0.29) is 11.8 Å². The standard InChI is InChI=1S/C18H21FN2O2/c1-20-11-14(13-5-3-2-4-6-13)17(15(20)22)9-10-21(12-17)16(23)18(19)7-8-18/h2-6,14H,7-12H2,1H3/t14-,17-/m1/s1. The predicted octanol–water partition coefficient (Wildman–Crippen LogP) is 1.96. The van der Waals surface area contributed by atoms with Crippen LogP contribution in [0.1, 0.15) is 30.7 Å². The number of likely N-dealkylation sites (N-methyl/N-ethyl adjacent to an activating group) is 1. The molecule has 2 atom stereocenters. The highest BCUT2D eigenvalue weighted by Crippen LogP contribution is 2.51. The maximum absolute atomic E-state index is 14.1. The molecule has 1 aliphatic carbocycles. The second-order valence-corrected chi connectivity index (χ2v) is 7.25. The quantitative estimate of drug-likeness (QED) is 0.837. The van der Waals surface area contributed by atoms with E-state index in [0.717, 1.165) is 5.56 Å². The number of halogens is 1. The third-order valence-corrected chi connectivity index (χ3v) is 5.76. The maximum atomic E-state index is 14.1. The number of nitrogens with zero attached hydrogens (tertiary/aromatic N) is 2. The predicted molar refractivity (Wildman–Crippen MR) is 83.5 cm³/mol. The Kier molecular flexibility index (Phi) is 3.06. The Labute approximate surface area is 135 Å². The average molecular weight is 316 g/mol. The normalized spacial score (nSPS) is 31.9. The molecule has 0 unspecified atom stereocenters. The van der Waals surface area contributed by atoms with E-state index in [9.17, 15) is 14.0 Å². The molecule has 5 heteroatoms. The minimum Gasteiger partial charge on any atom is -0.345 e. The first-order chi connectivity index (χ1) is 11.0. The van der Waals surface area contributed by atoms with Gasteiger partial charge in [-0.3, -0.25) is 9.59 Å². The third-order valence-electron chi connectivity index (χ3n) is 5.76. The lowest BCUT2D eigenvalue weighted by atomic mass is 9.73. The fraction of sp³-hybridized carbons (Fsp3) is 0.556. The van der Waals surface area contributed by atoms with E-state index < -0.39 is 17.0 Å². The number of amides is 2. The number of hydrogen-bond acceptors (Lipinski definition) is 2. The first-order valence-corrected chi connectivity index (χ1v) is 8.25. The molecule has 1 spiro atoms. The summed E-state index contributed by atoms with van der Waals surface area (Å²) in [4.78, 5) is 28.5. The van der Waals surface area contributed by atoms with Gasteiger partial charge in [0.25, 0.3) is 5.91 Å². The smallest absolute Gasteiger partial charge is 0.260 e. The van der Waals surface area contributed by atoms with Gasteiger partial charge >= 0.3 is 0 Å². The van der Waals surface area contributed by atoms with Crippen molar-refractivity contribution in [1.82, 2.24) is 9.80 Å². The Morgan fingerprint density at radius 3 is 2.57 bits per heavy atom. The summed E-state index contributed by atoms with van der Waals surface area (Å²) in [6, 6.07) is 10.00. The molecular formula is C18H21FN2O2. The molecule has 0 aromatic heterocycles. The van der Waals surface area contributed by atoms with Gasteiger partial charge in [0.2, 0.25) is 5.91 Å². The van der Waals surface area contributed by atoms with E-state index in [1.807, 2.05) is 37.4 Å². The Balaban J connectivity index is 1.65. The van der Waals surface area contributed by atoms with E-state index in [4.69, 9.17) is 0 Å². The lowest BCUT2D eigenvalue weighted by Crippen LogP contribution is -2.42. The Hall–Kier alpha value is -1.91. The molecule has 3 aliphatic rings. The summed E-state index contributed by atoms with van der Waals surface area (Å²) in [7, 11) is 1.81. The van der Waals surface area contributed by atoms with Crippen LogP contribution in [0.3, 0.4) is 0 Å². The fourth-order valence-corrected chi connectivity index (χ4v) is 4.24. The molecule has 1 aromatic carbocycles. The number of hydrogen-bond donors (Lipinski definition) is 0. The molecule has 0 bridgehead atoms. The van der Waals surface area contributed by atoms with Crippen molar-refractivity contribution in [2.75, 3.05) is 26.7 Å². The van der Waals surface area contributed by atoms with Gasteiger partial charge in [0.05, 0.1) is 5.41 Å². The van der Waals surface area contributed by atoms with Crippen LogP contribution in [-0.2, 0) is 9.59 Å². The summed E-state index contributed by atoms with van der Waals surface area (Å²) in [5, 5.41) is 0. The van der Waals surface area contributed by atoms with Gasteiger partial charge < -0.3 is 9.80 Å². The van der Waals surface area contributed by atoms with Crippen LogP contribution < -0.4 is 0 Å². The van der Waals surface area contributed by atoms with Gasteiger partial charge in [0, 0.05) is 32.6 Å². The zero-order chi connectivity index (χ0) is 16.2. The lowest BCUT2D eigenvalue weighted by molar-refractivity contribution is -0.139. The molecule has 1 aromatic rings. The SMILES string of the molecule is CN1C[C@H](c2ccccc2)[C@]2(CCN(C(=O)C3(F)CC3)C2)C1=O. The molecule has 122 valence electrons. The second kappa shape index (κ2) is 4.79. The number of carbonyl (C=O) groups is 2. The maximum Gasteiger partial charge on any atom is 0.260 e. The van der Waals surface area contributed by atoms with Crippen LogP contribution in [0.25, 0.3) is 0 Å². The van der Waals surface area contributed by atoms with Crippen LogP contribution >= 0.6 is 0 Å². The molecule has 4 nitrogen and oxygen atoms in total. The Bertz CT molecular complexity index is 658. The monoisotopic (exact) mass is 316 g/mol. The van der Waals surface area contributed by atoms with Crippen molar-refractivity contribution in [1.29, 1.82) is 0 Å². The van der Waals surface area contributed by atoms with E-state index in [1.54, 1.807) is 9.80 Å². The zero-order valence-corrected chi connectivity index (χ0v) is 13.3. The van der Waals surface area contributed by atoms with Crippen molar-refractivity contribution < 1.29 is 14.0 Å². The summed E-state index contributed by atoms with van der Waals surface area (Å²) in [5.74, 6) is -0.261. The van der Waals surface area contributed by atoms with Crippen LogP contribution in [0.15, 0.2) is 30.3 Å². The minimum atomic E-state index is -1.65. The van der Waals surface area contributed by atoms with Crippen molar-refractivity contribution in [3.63, 3.8) is 0 Å². The van der Waals surface area contributed by atoms with Gasteiger partial charge in [-0.25, -0.2) is 4.39 Å². The van der Waals surface area contributed by atoms with E-state index in [0.29, 0.717) is 38.9 Å². The highest BCUT2D eigenvalue weighted by molar-refractivity contribution is 5.91. The molecule has 2 heterocycles. The summed E-state index contributed by atoms with van der Waals surface area (Å²) in [5.41, 5.74) is -1.11. The average Bonchev–Trinajstić information content (AvgIpc) is 3.08. The molecule has 0 radical (unpaired) electrons. The van der Waals surface area contributed by atoms with Crippen molar-refractivity contribution in [2.45, 2.75) is 30.8 Å². The van der Waals surface area contributed by atoms with Crippen LogP contribution in [0, 0.1) is 5.41 Å². The van der Waals surface area contributed by atoms with Gasteiger partial charge in [-0.15, -0.1) is 0 Å². The van der Waals surface area contributed by atoms with Crippen LogP contribution in [0.2, 0.25) is 0 Å². The zero-order valence-electron chi connectivity index (χ0n) is 13.3. The number of rotatable bonds is 2. The van der Waals surface area contributed by atoms with Gasteiger partial charge in [-0.05, 0) is 24.8 Å². The molecule has 3 fully saturated rings. The number of alkyl halides is 1. The Morgan fingerprint density at radius 1 is 1.22 bits per heavy atom. The molecule has 2 saturated heterocycles. The number of benzene rings is 1. The summed E-state index contributed by atoms with van der Waals surface area (Å²) in [6.07, 6.45) is 1.27. The lowest BCUT2D eigenvalue weighted by Gasteiger charge is -2.29. The van der Waals surface area contributed by atoms with Crippen molar-refractivity contribution >= 4 is 11.8 Å². The number of likely N-dealkylation sites (tertiary alicyclic amines) is 2. The van der Waals surface area contributed by atoms with Gasteiger partial charge in [0.15, 0.2) is 5.67 Å². The molecule has 1 saturated carbocycles. The molecule has 2 amide bonds. The summed E-state index contributed by atoms with van der Waals surface area (Å²) in [6.45, 7) is 1.49. The molecule has 2 aliphatic heterocycles.